The molecule has 0 fully saturated rings. The van der Waals surface area contributed by atoms with Crippen molar-refractivity contribution in [2.45, 2.75) is 25.7 Å². The molecule has 20 heavy (non-hydrogen) atoms. The van der Waals surface area contributed by atoms with E-state index in [1.54, 1.807) is 13.2 Å². The van der Waals surface area contributed by atoms with E-state index in [-0.39, 0.29) is 5.91 Å². The maximum absolute atomic E-state index is 12.1. The second-order valence-electron chi connectivity index (χ2n) is 5.24. The highest BCUT2D eigenvalue weighted by atomic mass is 16.5. The minimum absolute atomic E-state index is 0.140. The van der Waals surface area contributed by atoms with Gasteiger partial charge in [-0.15, -0.1) is 0 Å². The first-order chi connectivity index (χ1) is 9.78. The van der Waals surface area contributed by atoms with Gasteiger partial charge in [0.05, 0.1) is 7.11 Å². The van der Waals surface area contributed by atoms with Crippen LogP contribution in [-0.4, -0.2) is 24.5 Å². The molecule has 0 spiro atoms. The molecule has 1 aromatic carbocycles. The van der Waals surface area contributed by atoms with E-state index >= 15 is 0 Å². The molecule has 0 aromatic heterocycles. The minimum atomic E-state index is 0.140. The summed E-state index contributed by atoms with van der Waals surface area (Å²) in [6.07, 6.45) is 8.16. The number of benzene rings is 1. The summed E-state index contributed by atoms with van der Waals surface area (Å²) < 4.78 is 5.15. The van der Waals surface area contributed by atoms with Crippen molar-refractivity contribution in [3.05, 3.63) is 53.3 Å². The van der Waals surface area contributed by atoms with Crippen LogP contribution in [0.15, 0.2) is 47.7 Å². The van der Waals surface area contributed by atoms with E-state index in [4.69, 9.17) is 4.74 Å². The van der Waals surface area contributed by atoms with Crippen molar-refractivity contribution < 1.29 is 9.53 Å². The van der Waals surface area contributed by atoms with Crippen LogP contribution < -0.4 is 4.74 Å². The molecule has 1 aliphatic heterocycles. The van der Waals surface area contributed by atoms with Gasteiger partial charge in [0.15, 0.2) is 0 Å². The minimum Gasteiger partial charge on any atom is -0.497 e. The fourth-order valence-electron chi connectivity index (χ4n) is 2.83. The van der Waals surface area contributed by atoms with Crippen molar-refractivity contribution in [3.8, 4) is 5.75 Å². The summed E-state index contributed by atoms with van der Waals surface area (Å²) in [6.45, 7) is 0.747. The van der Waals surface area contributed by atoms with Crippen molar-refractivity contribution in [1.82, 2.24) is 4.90 Å². The van der Waals surface area contributed by atoms with E-state index in [9.17, 15) is 4.79 Å². The SMILES string of the molecule is COc1ccc(CCN2C(=O)C=C3CCCC=C32)cc1. The Morgan fingerprint density at radius 1 is 1.25 bits per heavy atom. The molecule has 0 atom stereocenters. The number of nitrogens with zero attached hydrogens (tertiary/aromatic N) is 1. The standard InChI is InChI=1S/C17H19NO2/c1-20-15-8-6-13(7-9-15)10-11-18-16-5-3-2-4-14(16)12-17(18)19/h5-9,12H,2-4,10-11H2,1H3. The molecule has 104 valence electrons. The molecule has 0 saturated carbocycles. The predicted octanol–water partition coefficient (Wildman–Crippen LogP) is 3.07. The molecule has 1 amide bonds. The van der Waals surface area contributed by atoms with Gasteiger partial charge in [0, 0.05) is 18.3 Å². The molecule has 0 bridgehead atoms. The maximum Gasteiger partial charge on any atom is 0.251 e. The van der Waals surface area contributed by atoms with Gasteiger partial charge in [-0.3, -0.25) is 4.79 Å². The highest BCUT2D eigenvalue weighted by Crippen LogP contribution is 2.32. The van der Waals surface area contributed by atoms with E-state index < -0.39 is 0 Å². The molecule has 3 rings (SSSR count). The van der Waals surface area contributed by atoms with Gasteiger partial charge >= 0.3 is 0 Å². The molecular weight excluding hydrogens is 250 g/mol. The number of hydrogen-bond acceptors (Lipinski definition) is 2. The van der Waals surface area contributed by atoms with Gasteiger partial charge in [-0.25, -0.2) is 0 Å². The number of carbonyl (C=O) groups excluding carboxylic acids is 1. The predicted molar refractivity (Wildman–Crippen MR) is 78.4 cm³/mol. The van der Waals surface area contributed by atoms with Gasteiger partial charge in [-0.1, -0.05) is 18.2 Å². The number of fused-ring (bicyclic) bond motifs is 1. The molecule has 0 unspecified atom stereocenters. The number of hydrogen-bond donors (Lipinski definition) is 0. The van der Waals surface area contributed by atoms with Crippen LogP contribution in [0.3, 0.4) is 0 Å². The molecule has 0 radical (unpaired) electrons. The number of amides is 1. The zero-order valence-corrected chi connectivity index (χ0v) is 11.8. The van der Waals surface area contributed by atoms with Crippen LogP contribution in [0.2, 0.25) is 0 Å². The topological polar surface area (TPSA) is 29.5 Å². The van der Waals surface area contributed by atoms with E-state index in [0.29, 0.717) is 0 Å². The smallest absolute Gasteiger partial charge is 0.251 e. The second-order valence-corrected chi connectivity index (χ2v) is 5.24. The Morgan fingerprint density at radius 2 is 2.05 bits per heavy atom. The largest absolute Gasteiger partial charge is 0.497 e. The molecule has 0 N–H and O–H groups in total. The van der Waals surface area contributed by atoms with Crippen LogP contribution in [0.25, 0.3) is 0 Å². The first-order valence-electron chi connectivity index (χ1n) is 7.13. The van der Waals surface area contributed by atoms with Crippen LogP contribution in [0, 0.1) is 0 Å². The lowest BCUT2D eigenvalue weighted by Gasteiger charge is -2.22. The molecule has 3 heteroatoms. The van der Waals surface area contributed by atoms with Crippen molar-refractivity contribution in [1.29, 1.82) is 0 Å². The second kappa shape index (κ2) is 5.53. The van der Waals surface area contributed by atoms with Gasteiger partial charge in [-0.2, -0.15) is 0 Å². The third kappa shape index (κ3) is 2.48. The van der Waals surface area contributed by atoms with E-state index in [1.165, 1.54) is 11.1 Å². The Bertz CT molecular complexity index is 569. The highest BCUT2D eigenvalue weighted by molar-refractivity contribution is 5.94. The maximum atomic E-state index is 12.1. The lowest BCUT2D eigenvalue weighted by atomic mass is 10.00. The molecule has 1 aromatic rings. The van der Waals surface area contributed by atoms with E-state index in [0.717, 1.165) is 43.7 Å². The average Bonchev–Trinajstić information content (AvgIpc) is 2.81. The number of ether oxygens (including phenoxy) is 1. The zero-order valence-electron chi connectivity index (χ0n) is 11.8. The van der Waals surface area contributed by atoms with Crippen LogP contribution in [0.5, 0.6) is 5.75 Å². The van der Waals surface area contributed by atoms with Gasteiger partial charge in [0.2, 0.25) is 0 Å². The summed E-state index contributed by atoms with van der Waals surface area (Å²) in [6, 6.07) is 8.04. The summed E-state index contributed by atoms with van der Waals surface area (Å²) in [7, 11) is 1.67. The van der Waals surface area contributed by atoms with Crippen molar-refractivity contribution in [2.24, 2.45) is 0 Å². The number of carbonyl (C=O) groups is 1. The van der Waals surface area contributed by atoms with Gasteiger partial charge in [0.25, 0.3) is 5.91 Å². The van der Waals surface area contributed by atoms with Crippen LogP contribution in [-0.2, 0) is 11.2 Å². The van der Waals surface area contributed by atoms with Gasteiger partial charge in [-0.05, 0) is 49.0 Å². The van der Waals surface area contributed by atoms with Crippen LogP contribution >= 0.6 is 0 Å². The molecular formula is C17H19NO2. The zero-order chi connectivity index (χ0) is 13.9. The van der Waals surface area contributed by atoms with Gasteiger partial charge < -0.3 is 9.64 Å². The van der Waals surface area contributed by atoms with Crippen LogP contribution in [0.4, 0.5) is 0 Å². The molecule has 1 heterocycles. The monoisotopic (exact) mass is 269 g/mol. The highest BCUT2D eigenvalue weighted by Gasteiger charge is 2.27. The summed E-state index contributed by atoms with van der Waals surface area (Å²) in [4.78, 5) is 14.0. The number of methoxy groups -OCH3 is 1. The first kappa shape index (κ1) is 13.0. The third-order valence-electron chi connectivity index (χ3n) is 3.95. The van der Waals surface area contributed by atoms with E-state index in [1.807, 2.05) is 17.0 Å². The third-order valence-corrected chi connectivity index (χ3v) is 3.95. The Balaban J connectivity index is 1.66. The Hall–Kier alpha value is -2.03. The van der Waals surface area contributed by atoms with Crippen molar-refractivity contribution in [3.63, 3.8) is 0 Å². The summed E-state index contributed by atoms with van der Waals surface area (Å²) in [5.74, 6) is 1.01. The van der Waals surface area contributed by atoms with Crippen molar-refractivity contribution in [2.75, 3.05) is 13.7 Å². The quantitative estimate of drug-likeness (QED) is 0.840. The summed E-state index contributed by atoms with van der Waals surface area (Å²) in [5.41, 5.74) is 3.59. The number of rotatable bonds is 4. The van der Waals surface area contributed by atoms with Crippen LogP contribution in [0.1, 0.15) is 24.8 Å². The first-order valence-corrected chi connectivity index (χ1v) is 7.13. The van der Waals surface area contributed by atoms with Gasteiger partial charge in [0.1, 0.15) is 5.75 Å². The van der Waals surface area contributed by atoms with E-state index in [2.05, 4.69) is 18.2 Å². The fourth-order valence-corrected chi connectivity index (χ4v) is 2.83. The number of allylic oxidation sites excluding steroid dienone is 2. The Kier molecular flexibility index (Phi) is 3.59. The average molecular weight is 269 g/mol. The molecule has 1 aliphatic carbocycles. The fraction of sp³-hybridized carbons (Fsp3) is 0.353. The molecule has 0 saturated heterocycles. The molecule has 2 aliphatic rings. The lowest BCUT2D eigenvalue weighted by molar-refractivity contribution is -0.123. The lowest BCUT2D eigenvalue weighted by Crippen LogP contribution is -2.27. The Labute approximate surface area is 119 Å². The Morgan fingerprint density at radius 3 is 2.80 bits per heavy atom. The molecule has 3 nitrogen and oxygen atoms in total. The summed E-state index contributed by atoms with van der Waals surface area (Å²) in [5, 5.41) is 0. The summed E-state index contributed by atoms with van der Waals surface area (Å²) >= 11 is 0. The normalized spacial score (nSPS) is 17.6. The van der Waals surface area contributed by atoms with Crippen molar-refractivity contribution >= 4 is 5.91 Å².